The van der Waals surface area contributed by atoms with Gasteiger partial charge in [0.15, 0.2) is 0 Å². The van der Waals surface area contributed by atoms with Crippen molar-refractivity contribution in [2.45, 2.75) is 29.8 Å². The molecule has 1 aromatic heterocycles. The molecular formula is C19H17F3N2O2S2. The second-order valence-electron chi connectivity index (χ2n) is 6.75. The van der Waals surface area contributed by atoms with Crippen LogP contribution in [0.25, 0.3) is 10.2 Å². The van der Waals surface area contributed by atoms with Crippen molar-refractivity contribution >= 4 is 31.6 Å². The Morgan fingerprint density at radius 2 is 1.89 bits per heavy atom. The first-order chi connectivity index (χ1) is 13.2. The first-order valence-corrected chi connectivity index (χ1v) is 11.0. The Bertz CT molecular complexity index is 1080. The monoisotopic (exact) mass is 426 g/mol. The second-order valence-corrected chi connectivity index (χ2v) is 9.75. The number of thiazole rings is 1. The number of halogens is 3. The normalized spacial score (nSPS) is 19.2. The lowest BCUT2D eigenvalue weighted by Gasteiger charge is -2.31. The molecule has 0 N–H and O–H groups in total. The first-order valence-electron chi connectivity index (χ1n) is 8.78. The highest BCUT2D eigenvalue weighted by Crippen LogP contribution is 2.36. The number of nitrogens with zero attached hydrogens (tertiary/aromatic N) is 2. The number of para-hydroxylation sites is 1. The van der Waals surface area contributed by atoms with Gasteiger partial charge in [-0.3, -0.25) is 0 Å². The average Bonchev–Trinajstić information content (AvgIpc) is 3.12. The summed E-state index contributed by atoms with van der Waals surface area (Å²) in [4.78, 5) is 4.29. The quantitative estimate of drug-likeness (QED) is 0.600. The predicted octanol–water partition coefficient (Wildman–Crippen LogP) is 4.88. The van der Waals surface area contributed by atoms with Crippen molar-refractivity contribution in [3.05, 3.63) is 59.1 Å². The number of benzene rings is 2. The fourth-order valence-corrected chi connectivity index (χ4v) is 6.07. The zero-order chi connectivity index (χ0) is 19.9. The lowest BCUT2D eigenvalue weighted by Crippen LogP contribution is -2.39. The lowest BCUT2D eigenvalue weighted by molar-refractivity contribution is -0.137. The molecule has 0 aliphatic carbocycles. The Kier molecular flexibility index (Phi) is 4.93. The second kappa shape index (κ2) is 7.13. The van der Waals surface area contributed by atoms with E-state index in [0.717, 1.165) is 33.8 Å². The molecule has 0 bridgehead atoms. The van der Waals surface area contributed by atoms with Gasteiger partial charge in [-0.2, -0.15) is 17.5 Å². The number of hydrogen-bond donors (Lipinski definition) is 0. The van der Waals surface area contributed by atoms with E-state index in [1.54, 1.807) is 0 Å². The van der Waals surface area contributed by atoms with E-state index in [9.17, 15) is 21.6 Å². The Balaban J connectivity index is 1.62. The molecule has 4 rings (SSSR count). The SMILES string of the molecule is O=S(=O)(c1cccc(C(F)(F)F)c1)N1CCCC(c2nc3ccccc3s2)C1. The topological polar surface area (TPSA) is 50.3 Å². The van der Waals surface area contributed by atoms with Gasteiger partial charge in [0.25, 0.3) is 0 Å². The largest absolute Gasteiger partial charge is 0.416 e. The van der Waals surface area contributed by atoms with Crippen molar-refractivity contribution < 1.29 is 21.6 Å². The third-order valence-corrected chi connectivity index (χ3v) is 7.90. The summed E-state index contributed by atoms with van der Waals surface area (Å²) in [5.74, 6) is -0.0632. The number of piperidine rings is 1. The molecule has 0 radical (unpaired) electrons. The molecule has 1 saturated heterocycles. The van der Waals surface area contributed by atoms with Gasteiger partial charge in [-0.1, -0.05) is 18.2 Å². The van der Waals surface area contributed by atoms with Gasteiger partial charge in [-0.25, -0.2) is 13.4 Å². The summed E-state index contributed by atoms with van der Waals surface area (Å²) >= 11 is 1.54. The van der Waals surface area contributed by atoms with Gasteiger partial charge in [0.05, 0.1) is 25.7 Å². The highest BCUT2D eigenvalue weighted by atomic mass is 32.2. The summed E-state index contributed by atoms with van der Waals surface area (Å²) in [6, 6.07) is 11.6. The maximum atomic E-state index is 13.0. The fraction of sp³-hybridized carbons (Fsp3) is 0.316. The van der Waals surface area contributed by atoms with Crippen LogP contribution in [0.2, 0.25) is 0 Å². The van der Waals surface area contributed by atoms with E-state index < -0.39 is 21.8 Å². The summed E-state index contributed by atoms with van der Waals surface area (Å²) in [6.45, 7) is 0.512. The number of sulfonamides is 1. The maximum absolute atomic E-state index is 13.0. The third-order valence-electron chi connectivity index (χ3n) is 4.84. The smallest absolute Gasteiger partial charge is 0.241 e. The molecule has 0 amide bonds. The van der Waals surface area contributed by atoms with Crippen molar-refractivity contribution in [1.29, 1.82) is 0 Å². The van der Waals surface area contributed by atoms with E-state index in [1.165, 1.54) is 21.7 Å². The lowest BCUT2D eigenvalue weighted by atomic mass is 10.0. The van der Waals surface area contributed by atoms with E-state index in [4.69, 9.17) is 0 Å². The molecule has 28 heavy (non-hydrogen) atoms. The van der Waals surface area contributed by atoms with Gasteiger partial charge in [0.1, 0.15) is 0 Å². The summed E-state index contributed by atoms with van der Waals surface area (Å²) in [5.41, 5.74) is -0.0892. The zero-order valence-corrected chi connectivity index (χ0v) is 16.3. The Hall–Kier alpha value is -1.97. The summed E-state index contributed by atoms with van der Waals surface area (Å²) < 4.78 is 67.1. The molecule has 1 aliphatic rings. The Morgan fingerprint density at radius 3 is 2.64 bits per heavy atom. The van der Waals surface area contributed by atoms with Gasteiger partial charge in [0, 0.05) is 19.0 Å². The molecular weight excluding hydrogens is 409 g/mol. The van der Waals surface area contributed by atoms with Crippen LogP contribution in [-0.2, 0) is 16.2 Å². The molecule has 1 aliphatic heterocycles. The minimum absolute atomic E-state index is 0.0632. The molecule has 0 saturated carbocycles. The van der Waals surface area contributed by atoms with Crippen molar-refractivity contribution in [2.24, 2.45) is 0 Å². The zero-order valence-electron chi connectivity index (χ0n) is 14.7. The van der Waals surface area contributed by atoms with Crippen molar-refractivity contribution in [3.63, 3.8) is 0 Å². The molecule has 1 atom stereocenters. The van der Waals surface area contributed by atoms with Gasteiger partial charge in [-0.05, 0) is 43.2 Å². The van der Waals surface area contributed by atoms with E-state index in [1.807, 2.05) is 24.3 Å². The Morgan fingerprint density at radius 1 is 1.11 bits per heavy atom. The van der Waals surface area contributed by atoms with Crippen molar-refractivity contribution in [3.8, 4) is 0 Å². The average molecular weight is 426 g/mol. The minimum atomic E-state index is -4.59. The van der Waals surface area contributed by atoms with Crippen LogP contribution in [0.5, 0.6) is 0 Å². The molecule has 2 aromatic carbocycles. The van der Waals surface area contributed by atoms with Gasteiger partial charge in [-0.15, -0.1) is 11.3 Å². The van der Waals surface area contributed by atoms with Crippen LogP contribution < -0.4 is 0 Å². The molecule has 148 valence electrons. The molecule has 2 heterocycles. The number of rotatable bonds is 3. The van der Waals surface area contributed by atoms with Gasteiger partial charge in [0.2, 0.25) is 10.0 Å². The van der Waals surface area contributed by atoms with Crippen LogP contribution in [0.15, 0.2) is 53.4 Å². The van der Waals surface area contributed by atoms with Crippen LogP contribution in [0.3, 0.4) is 0 Å². The van der Waals surface area contributed by atoms with E-state index in [2.05, 4.69) is 4.98 Å². The molecule has 3 aromatic rings. The van der Waals surface area contributed by atoms with Crippen LogP contribution in [0.1, 0.15) is 29.3 Å². The first kappa shape index (κ1) is 19.4. The van der Waals surface area contributed by atoms with Crippen LogP contribution >= 0.6 is 11.3 Å². The number of aromatic nitrogens is 1. The fourth-order valence-electron chi connectivity index (χ4n) is 3.41. The van der Waals surface area contributed by atoms with Gasteiger partial charge < -0.3 is 0 Å². The summed E-state index contributed by atoms with van der Waals surface area (Å²) in [5, 5.41) is 0.866. The highest BCUT2D eigenvalue weighted by Gasteiger charge is 2.35. The van der Waals surface area contributed by atoms with Crippen molar-refractivity contribution in [1.82, 2.24) is 9.29 Å². The Labute approximate surface area is 164 Å². The molecule has 4 nitrogen and oxygen atoms in total. The van der Waals surface area contributed by atoms with Crippen LogP contribution in [0, 0.1) is 0 Å². The molecule has 1 fully saturated rings. The molecule has 1 unspecified atom stereocenters. The minimum Gasteiger partial charge on any atom is -0.241 e. The van der Waals surface area contributed by atoms with E-state index >= 15 is 0 Å². The van der Waals surface area contributed by atoms with Crippen LogP contribution in [-0.4, -0.2) is 30.8 Å². The third kappa shape index (κ3) is 3.66. The summed E-state index contributed by atoms with van der Waals surface area (Å²) in [6.07, 6.45) is -3.15. The number of fused-ring (bicyclic) bond motifs is 1. The maximum Gasteiger partial charge on any atom is 0.416 e. The number of alkyl halides is 3. The standard InChI is InChI=1S/C19H17F3N2O2S2/c20-19(21,22)14-6-3-7-15(11-14)28(25,26)24-10-4-5-13(12-24)18-23-16-8-1-2-9-17(16)27-18/h1-3,6-9,11,13H,4-5,10,12H2. The predicted molar refractivity (Wildman–Crippen MR) is 102 cm³/mol. The highest BCUT2D eigenvalue weighted by molar-refractivity contribution is 7.89. The molecule has 9 heteroatoms. The van der Waals surface area contributed by atoms with E-state index in [0.29, 0.717) is 19.0 Å². The van der Waals surface area contributed by atoms with Crippen molar-refractivity contribution in [2.75, 3.05) is 13.1 Å². The van der Waals surface area contributed by atoms with E-state index in [-0.39, 0.29) is 17.4 Å². The summed E-state index contributed by atoms with van der Waals surface area (Å²) in [7, 11) is -4.01. The molecule has 0 spiro atoms. The van der Waals surface area contributed by atoms with Gasteiger partial charge >= 0.3 is 6.18 Å². The number of hydrogen-bond acceptors (Lipinski definition) is 4. The van der Waals surface area contributed by atoms with Crippen LogP contribution in [0.4, 0.5) is 13.2 Å².